The number of aliphatic carboxylic acids is 1. The number of nitrogens with zero attached hydrogens (tertiary/aromatic N) is 4. The molecular weight excluding hydrogens is 238 g/mol. The van der Waals surface area contributed by atoms with Crippen LogP contribution in [0.3, 0.4) is 0 Å². The maximum absolute atomic E-state index is 11.6. The Balaban J connectivity index is 2.46. The van der Waals surface area contributed by atoms with Crippen LogP contribution in [0.5, 0.6) is 0 Å². The molecule has 0 bridgehead atoms. The number of carboxylic acids is 1. The van der Waals surface area contributed by atoms with Crippen molar-refractivity contribution in [3.63, 3.8) is 0 Å². The molecule has 1 rings (SSSR count). The number of hydrogen-bond acceptors (Lipinski definition) is 4. The van der Waals surface area contributed by atoms with E-state index in [1.165, 1.54) is 10.9 Å². The van der Waals surface area contributed by atoms with Crippen molar-refractivity contribution < 1.29 is 14.7 Å². The SMILES string of the molecule is CC(C)N(C)C(=O)NCc1cn(CC(=O)O)nn1. The number of hydrogen-bond donors (Lipinski definition) is 2. The lowest BCUT2D eigenvalue weighted by atomic mass is 10.3. The molecule has 1 aromatic rings. The maximum Gasteiger partial charge on any atom is 0.325 e. The van der Waals surface area contributed by atoms with E-state index in [-0.39, 0.29) is 25.2 Å². The first-order valence-corrected chi connectivity index (χ1v) is 5.51. The van der Waals surface area contributed by atoms with Gasteiger partial charge in [0.1, 0.15) is 12.2 Å². The maximum atomic E-state index is 11.6. The van der Waals surface area contributed by atoms with Gasteiger partial charge in [0.25, 0.3) is 0 Å². The monoisotopic (exact) mass is 255 g/mol. The van der Waals surface area contributed by atoms with Gasteiger partial charge in [-0.1, -0.05) is 5.21 Å². The third kappa shape index (κ3) is 4.04. The lowest BCUT2D eigenvalue weighted by Gasteiger charge is -2.21. The Hall–Kier alpha value is -2.12. The van der Waals surface area contributed by atoms with Crippen LogP contribution in [0, 0.1) is 0 Å². The highest BCUT2D eigenvalue weighted by Gasteiger charge is 2.12. The summed E-state index contributed by atoms with van der Waals surface area (Å²) in [5.41, 5.74) is 0.516. The minimum absolute atomic E-state index is 0.104. The summed E-state index contributed by atoms with van der Waals surface area (Å²) in [7, 11) is 1.70. The molecule has 8 heteroatoms. The summed E-state index contributed by atoms with van der Waals surface area (Å²) in [5, 5.41) is 18.6. The van der Waals surface area contributed by atoms with Gasteiger partial charge in [-0.05, 0) is 13.8 Å². The molecule has 18 heavy (non-hydrogen) atoms. The largest absolute Gasteiger partial charge is 0.480 e. The third-order valence-corrected chi connectivity index (χ3v) is 2.40. The van der Waals surface area contributed by atoms with E-state index < -0.39 is 5.97 Å². The van der Waals surface area contributed by atoms with Crippen LogP contribution >= 0.6 is 0 Å². The van der Waals surface area contributed by atoms with Crippen molar-refractivity contribution in [2.24, 2.45) is 0 Å². The molecule has 0 aromatic carbocycles. The van der Waals surface area contributed by atoms with E-state index in [4.69, 9.17) is 5.11 Å². The first-order valence-electron chi connectivity index (χ1n) is 5.51. The predicted octanol–water partition coefficient (Wildman–Crippen LogP) is -0.0875. The average Bonchev–Trinajstić information content (AvgIpc) is 2.71. The van der Waals surface area contributed by atoms with Crippen molar-refractivity contribution >= 4 is 12.0 Å². The summed E-state index contributed by atoms with van der Waals surface area (Å²) < 4.78 is 1.20. The Morgan fingerprint density at radius 3 is 2.78 bits per heavy atom. The predicted molar refractivity (Wildman–Crippen MR) is 62.8 cm³/mol. The number of aromatic nitrogens is 3. The second-order valence-electron chi connectivity index (χ2n) is 4.16. The lowest BCUT2D eigenvalue weighted by molar-refractivity contribution is -0.137. The normalized spacial score (nSPS) is 10.4. The molecular formula is C10H17N5O3. The van der Waals surface area contributed by atoms with Crippen molar-refractivity contribution in [2.75, 3.05) is 7.05 Å². The molecule has 100 valence electrons. The second-order valence-corrected chi connectivity index (χ2v) is 4.16. The number of nitrogens with one attached hydrogen (secondary N) is 1. The number of urea groups is 1. The van der Waals surface area contributed by atoms with E-state index in [1.54, 1.807) is 11.9 Å². The summed E-state index contributed by atoms with van der Waals surface area (Å²) in [6.45, 7) is 3.79. The van der Waals surface area contributed by atoms with Crippen LogP contribution in [-0.2, 0) is 17.9 Å². The molecule has 0 aliphatic carbocycles. The minimum atomic E-state index is -0.991. The van der Waals surface area contributed by atoms with E-state index >= 15 is 0 Å². The topological polar surface area (TPSA) is 100 Å². The van der Waals surface area contributed by atoms with E-state index in [1.807, 2.05) is 13.8 Å². The number of carboxylic acid groups (broad SMARTS) is 1. The molecule has 0 fully saturated rings. The molecule has 0 aliphatic heterocycles. The van der Waals surface area contributed by atoms with Crippen LogP contribution in [0.15, 0.2) is 6.20 Å². The van der Waals surface area contributed by atoms with Gasteiger partial charge in [-0.2, -0.15) is 0 Å². The fourth-order valence-corrected chi connectivity index (χ4v) is 1.16. The summed E-state index contributed by atoms with van der Waals surface area (Å²) >= 11 is 0. The number of amides is 2. The van der Waals surface area contributed by atoms with Gasteiger partial charge < -0.3 is 15.3 Å². The van der Waals surface area contributed by atoms with E-state index in [0.29, 0.717) is 5.69 Å². The summed E-state index contributed by atoms with van der Waals surface area (Å²) in [5.74, 6) is -0.991. The highest BCUT2D eigenvalue weighted by atomic mass is 16.4. The van der Waals surface area contributed by atoms with Gasteiger partial charge in [-0.15, -0.1) is 5.10 Å². The minimum Gasteiger partial charge on any atom is -0.480 e. The van der Waals surface area contributed by atoms with Crippen molar-refractivity contribution in [1.82, 2.24) is 25.2 Å². The molecule has 1 heterocycles. The van der Waals surface area contributed by atoms with Crippen LogP contribution in [0.1, 0.15) is 19.5 Å². The van der Waals surface area contributed by atoms with Crippen LogP contribution in [0.25, 0.3) is 0 Å². The number of carbonyl (C=O) groups is 2. The molecule has 0 spiro atoms. The molecule has 0 aliphatic rings. The first kappa shape index (κ1) is 13.9. The molecule has 0 atom stereocenters. The van der Waals surface area contributed by atoms with Crippen LogP contribution in [-0.4, -0.2) is 50.1 Å². The highest BCUT2D eigenvalue weighted by molar-refractivity contribution is 5.74. The van der Waals surface area contributed by atoms with Gasteiger partial charge in [0, 0.05) is 13.1 Å². The molecule has 2 N–H and O–H groups in total. The smallest absolute Gasteiger partial charge is 0.325 e. The van der Waals surface area contributed by atoms with Crippen LogP contribution in [0.4, 0.5) is 4.79 Å². The lowest BCUT2D eigenvalue weighted by Crippen LogP contribution is -2.40. The Kier molecular flexibility index (Phi) is 4.64. The zero-order chi connectivity index (χ0) is 13.7. The molecule has 1 aromatic heterocycles. The molecule has 0 saturated heterocycles. The summed E-state index contributed by atoms with van der Waals surface area (Å²) in [6.07, 6.45) is 1.49. The van der Waals surface area contributed by atoms with Gasteiger partial charge in [0.05, 0.1) is 12.7 Å². The van der Waals surface area contributed by atoms with Gasteiger partial charge in [0.2, 0.25) is 0 Å². The van der Waals surface area contributed by atoms with Crippen LogP contribution < -0.4 is 5.32 Å². The van der Waals surface area contributed by atoms with E-state index in [9.17, 15) is 9.59 Å². The molecule has 2 amide bonds. The Morgan fingerprint density at radius 1 is 1.56 bits per heavy atom. The zero-order valence-electron chi connectivity index (χ0n) is 10.6. The fourth-order valence-electron chi connectivity index (χ4n) is 1.16. The van der Waals surface area contributed by atoms with E-state index in [0.717, 1.165) is 0 Å². The average molecular weight is 255 g/mol. The van der Waals surface area contributed by atoms with Crippen molar-refractivity contribution in [2.45, 2.75) is 33.0 Å². The van der Waals surface area contributed by atoms with Crippen molar-refractivity contribution in [3.8, 4) is 0 Å². The summed E-state index contributed by atoms with van der Waals surface area (Å²) in [4.78, 5) is 23.6. The van der Waals surface area contributed by atoms with Gasteiger partial charge in [-0.25, -0.2) is 9.48 Å². The van der Waals surface area contributed by atoms with Crippen molar-refractivity contribution in [3.05, 3.63) is 11.9 Å². The molecule has 8 nitrogen and oxygen atoms in total. The molecule has 0 saturated carbocycles. The quantitative estimate of drug-likeness (QED) is 0.766. The van der Waals surface area contributed by atoms with Gasteiger partial charge in [-0.3, -0.25) is 4.79 Å². The Morgan fingerprint density at radius 2 is 2.22 bits per heavy atom. The highest BCUT2D eigenvalue weighted by Crippen LogP contribution is 1.96. The van der Waals surface area contributed by atoms with Crippen LogP contribution in [0.2, 0.25) is 0 Å². The third-order valence-electron chi connectivity index (χ3n) is 2.40. The fraction of sp³-hybridized carbons (Fsp3) is 0.600. The number of rotatable bonds is 5. The van der Waals surface area contributed by atoms with Crippen molar-refractivity contribution in [1.29, 1.82) is 0 Å². The Bertz CT molecular complexity index is 429. The first-order chi connectivity index (χ1) is 8.40. The molecule has 0 radical (unpaired) electrons. The van der Waals surface area contributed by atoms with Gasteiger partial charge in [0.15, 0.2) is 0 Å². The second kappa shape index (κ2) is 5.99. The van der Waals surface area contributed by atoms with Gasteiger partial charge >= 0.3 is 12.0 Å². The molecule has 0 unspecified atom stereocenters. The standard InChI is InChI=1S/C10H17N5O3/c1-7(2)14(3)10(18)11-4-8-5-15(13-12-8)6-9(16)17/h5,7H,4,6H2,1-3H3,(H,11,18)(H,16,17). The number of carbonyl (C=O) groups excluding carboxylic acids is 1. The van der Waals surface area contributed by atoms with E-state index in [2.05, 4.69) is 15.6 Å². The Labute approximate surface area is 105 Å². The summed E-state index contributed by atoms with van der Waals surface area (Å²) in [6, 6.07) is -0.106. The zero-order valence-corrected chi connectivity index (χ0v) is 10.6.